The monoisotopic (exact) mass is 394 g/mol. The van der Waals surface area contributed by atoms with Crippen LogP contribution in [-0.2, 0) is 4.79 Å². The van der Waals surface area contributed by atoms with Crippen LogP contribution in [0, 0.1) is 11.8 Å². The molecule has 3 N–H and O–H groups in total. The van der Waals surface area contributed by atoms with Crippen LogP contribution in [0.5, 0.6) is 0 Å². The predicted molar refractivity (Wildman–Crippen MR) is 111 cm³/mol. The number of fused-ring (bicyclic) bond motifs is 1. The second-order valence-electron chi connectivity index (χ2n) is 6.22. The number of nitrogens with zero attached hydrogens (tertiary/aromatic N) is 3. The van der Waals surface area contributed by atoms with Crippen LogP contribution in [0.4, 0.5) is 5.82 Å². The van der Waals surface area contributed by atoms with E-state index in [0.717, 1.165) is 11.1 Å². The Hall–Kier alpha value is -3.14. The first-order valence-corrected chi connectivity index (χ1v) is 9.03. The number of nitrogens with two attached hydrogens (primary N) is 1. The van der Waals surface area contributed by atoms with E-state index < -0.39 is 12.0 Å². The Labute approximate surface area is 168 Å². The number of aromatic nitrogens is 2. The van der Waals surface area contributed by atoms with Crippen molar-refractivity contribution < 1.29 is 9.90 Å². The van der Waals surface area contributed by atoms with Crippen molar-refractivity contribution in [3.05, 3.63) is 53.3 Å². The fraction of sp³-hybridized carbons (Fsp3) is 0.190. The molecule has 0 aliphatic rings. The number of amides is 1. The lowest BCUT2D eigenvalue weighted by Gasteiger charge is -2.15. The van der Waals surface area contributed by atoms with Gasteiger partial charge < -0.3 is 15.7 Å². The molecule has 3 rings (SSSR count). The van der Waals surface area contributed by atoms with Crippen LogP contribution >= 0.6 is 11.6 Å². The van der Waals surface area contributed by atoms with Crippen LogP contribution in [0.15, 0.2) is 42.7 Å². The van der Waals surface area contributed by atoms with Gasteiger partial charge in [-0.2, -0.15) is 0 Å². The molecule has 0 spiro atoms. The van der Waals surface area contributed by atoms with Gasteiger partial charge in [-0.25, -0.2) is 9.97 Å². The number of rotatable bonds is 3. The molecule has 6 nitrogen and oxygen atoms in total. The second kappa shape index (κ2) is 8.26. The molecule has 0 unspecified atom stereocenters. The van der Waals surface area contributed by atoms with Crippen molar-refractivity contribution in [2.24, 2.45) is 0 Å². The lowest BCUT2D eigenvalue weighted by Crippen LogP contribution is -2.35. The topological polar surface area (TPSA) is 92.3 Å². The Kier molecular flexibility index (Phi) is 5.78. The number of likely N-dealkylation sites (N-methyl/N-ethyl adjacent to an activating group) is 1. The lowest BCUT2D eigenvalue weighted by atomic mass is 10.0. The molecule has 142 valence electrons. The van der Waals surface area contributed by atoms with Gasteiger partial charge in [-0.1, -0.05) is 35.6 Å². The summed E-state index contributed by atoms with van der Waals surface area (Å²) in [6.07, 6.45) is 0.0165. The normalized spacial score (nSPS) is 11.6. The zero-order valence-corrected chi connectivity index (χ0v) is 16.2. The molecule has 1 atom stereocenters. The van der Waals surface area contributed by atoms with Gasteiger partial charge in [0.2, 0.25) is 0 Å². The standard InChI is InChI=1S/C21H19ClN4O2/c1-3-26(2)21(28)18(27)8-7-13-5-4-6-14(9-13)15-10-16-19(17(22)11-15)24-12-25-20(16)23/h4-6,9-12,18,27H,3H2,1-2H3,(H2,23,24,25)/t18-/m1/s1. The van der Waals surface area contributed by atoms with Crippen LogP contribution < -0.4 is 5.73 Å². The molecule has 0 aliphatic heterocycles. The number of benzene rings is 2. The SMILES string of the molecule is CCN(C)C(=O)[C@H](O)C#Cc1cccc(-c2cc(Cl)c3ncnc(N)c3c2)c1. The van der Waals surface area contributed by atoms with Crippen molar-refractivity contribution in [2.75, 3.05) is 19.3 Å². The zero-order chi connectivity index (χ0) is 20.3. The number of hydrogen-bond acceptors (Lipinski definition) is 5. The van der Waals surface area contributed by atoms with Crippen LogP contribution in [0.25, 0.3) is 22.0 Å². The van der Waals surface area contributed by atoms with E-state index in [9.17, 15) is 9.90 Å². The summed E-state index contributed by atoms with van der Waals surface area (Å²) in [6.45, 7) is 2.33. The van der Waals surface area contributed by atoms with Crippen molar-refractivity contribution in [3.8, 4) is 23.0 Å². The zero-order valence-electron chi connectivity index (χ0n) is 15.5. The summed E-state index contributed by atoms with van der Waals surface area (Å²) >= 11 is 6.36. The summed E-state index contributed by atoms with van der Waals surface area (Å²) in [5, 5.41) is 11.1. The van der Waals surface area contributed by atoms with E-state index in [4.69, 9.17) is 17.3 Å². The van der Waals surface area contributed by atoms with Crippen molar-refractivity contribution in [1.82, 2.24) is 14.9 Å². The number of nitrogen functional groups attached to an aromatic ring is 1. The minimum absolute atomic E-state index is 0.353. The maximum absolute atomic E-state index is 11.9. The highest BCUT2D eigenvalue weighted by Crippen LogP contribution is 2.31. The molecule has 0 radical (unpaired) electrons. The van der Waals surface area contributed by atoms with Gasteiger partial charge in [-0.05, 0) is 42.3 Å². The molecule has 0 aliphatic carbocycles. The quantitative estimate of drug-likeness (QED) is 0.666. The number of halogens is 1. The first kappa shape index (κ1) is 19.6. The summed E-state index contributed by atoms with van der Waals surface area (Å²) < 4.78 is 0. The Morgan fingerprint density at radius 3 is 2.82 bits per heavy atom. The molecule has 28 heavy (non-hydrogen) atoms. The summed E-state index contributed by atoms with van der Waals surface area (Å²) in [7, 11) is 1.62. The van der Waals surface area contributed by atoms with Gasteiger partial charge in [0.1, 0.15) is 12.1 Å². The molecule has 1 amide bonds. The number of carbonyl (C=O) groups is 1. The van der Waals surface area contributed by atoms with Gasteiger partial charge in [0.25, 0.3) is 5.91 Å². The van der Waals surface area contributed by atoms with Crippen molar-refractivity contribution in [3.63, 3.8) is 0 Å². The summed E-state index contributed by atoms with van der Waals surface area (Å²) in [5.74, 6) is 5.36. The van der Waals surface area contributed by atoms with Crippen molar-refractivity contribution in [2.45, 2.75) is 13.0 Å². The van der Waals surface area contributed by atoms with E-state index in [1.807, 2.05) is 31.2 Å². The molecular formula is C21H19ClN4O2. The van der Waals surface area contributed by atoms with E-state index in [-0.39, 0.29) is 0 Å². The summed E-state index contributed by atoms with van der Waals surface area (Å²) in [6, 6.07) is 11.1. The van der Waals surface area contributed by atoms with E-state index in [2.05, 4.69) is 21.8 Å². The summed E-state index contributed by atoms with van der Waals surface area (Å²) in [5.41, 5.74) is 8.91. The van der Waals surface area contributed by atoms with Crippen molar-refractivity contribution >= 4 is 34.2 Å². The van der Waals surface area contributed by atoms with Crippen LogP contribution in [0.1, 0.15) is 12.5 Å². The highest BCUT2D eigenvalue weighted by Gasteiger charge is 2.15. The van der Waals surface area contributed by atoms with E-state index >= 15 is 0 Å². The summed E-state index contributed by atoms with van der Waals surface area (Å²) in [4.78, 5) is 21.5. The van der Waals surface area contributed by atoms with Gasteiger partial charge in [0.15, 0.2) is 6.10 Å². The van der Waals surface area contributed by atoms with Gasteiger partial charge in [-0.15, -0.1) is 0 Å². The molecule has 0 saturated carbocycles. The van der Waals surface area contributed by atoms with Gasteiger partial charge in [0.05, 0.1) is 10.5 Å². The highest BCUT2D eigenvalue weighted by atomic mass is 35.5. The van der Waals surface area contributed by atoms with E-state index in [1.165, 1.54) is 11.2 Å². The third-order valence-electron chi connectivity index (χ3n) is 4.36. The molecule has 0 fully saturated rings. The number of anilines is 1. The molecule has 2 aromatic carbocycles. The fourth-order valence-electron chi connectivity index (χ4n) is 2.67. The molecule has 7 heteroatoms. The molecule has 0 saturated heterocycles. The van der Waals surface area contributed by atoms with Crippen LogP contribution in [0.3, 0.4) is 0 Å². The number of carbonyl (C=O) groups excluding carboxylic acids is 1. The van der Waals surface area contributed by atoms with Crippen LogP contribution in [0.2, 0.25) is 5.02 Å². The average Bonchev–Trinajstić information content (AvgIpc) is 2.71. The second-order valence-corrected chi connectivity index (χ2v) is 6.63. The Balaban J connectivity index is 1.95. The van der Waals surface area contributed by atoms with Gasteiger partial charge in [0, 0.05) is 24.5 Å². The Morgan fingerprint density at radius 1 is 1.29 bits per heavy atom. The molecule has 1 heterocycles. The number of hydrogen-bond donors (Lipinski definition) is 2. The minimum Gasteiger partial charge on any atom is -0.383 e. The Morgan fingerprint density at radius 2 is 2.07 bits per heavy atom. The van der Waals surface area contributed by atoms with E-state index in [0.29, 0.717) is 33.9 Å². The average molecular weight is 395 g/mol. The first-order chi connectivity index (χ1) is 13.4. The molecule has 1 aromatic heterocycles. The Bertz CT molecular complexity index is 1100. The smallest absolute Gasteiger partial charge is 0.263 e. The third kappa shape index (κ3) is 4.06. The van der Waals surface area contributed by atoms with Gasteiger partial charge >= 0.3 is 0 Å². The predicted octanol–water partition coefficient (Wildman–Crippen LogP) is 2.72. The number of aliphatic hydroxyl groups excluding tert-OH is 1. The maximum Gasteiger partial charge on any atom is 0.263 e. The molecule has 3 aromatic rings. The third-order valence-corrected chi connectivity index (χ3v) is 4.64. The van der Waals surface area contributed by atoms with Gasteiger partial charge in [-0.3, -0.25) is 4.79 Å². The first-order valence-electron chi connectivity index (χ1n) is 8.65. The highest BCUT2D eigenvalue weighted by molar-refractivity contribution is 6.35. The maximum atomic E-state index is 11.9. The molecular weight excluding hydrogens is 376 g/mol. The van der Waals surface area contributed by atoms with E-state index in [1.54, 1.807) is 19.2 Å². The van der Waals surface area contributed by atoms with Crippen LogP contribution in [-0.4, -0.2) is 45.6 Å². The lowest BCUT2D eigenvalue weighted by molar-refractivity contribution is -0.135. The fourth-order valence-corrected chi connectivity index (χ4v) is 2.93. The molecule has 0 bridgehead atoms. The largest absolute Gasteiger partial charge is 0.383 e. The van der Waals surface area contributed by atoms with Crippen molar-refractivity contribution in [1.29, 1.82) is 0 Å². The minimum atomic E-state index is -1.36. The number of aliphatic hydroxyl groups is 1.